The van der Waals surface area contributed by atoms with Crippen LogP contribution in [0.25, 0.3) is 21.5 Å². The molecule has 3 aromatic heterocycles. The number of nitrogens with zero attached hydrogens (tertiary/aromatic N) is 2. The van der Waals surface area contributed by atoms with Crippen LogP contribution < -0.4 is 4.74 Å². The first-order valence-electron chi connectivity index (χ1n) is 9.79. The lowest BCUT2D eigenvalue weighted by Gasteiger charge is -2.09. The third-order valence-corrected chi connectivity index (χ3v) is 6.79. The first-order chi connectivity index (χ1) is 14.8. The van der Waals surface area contributed by atoms with Gasteiger partial charge in [-0.25, -0.2) is 4.98 Å². The maximum absolute atomic E-state index is 6.16. The fourth-order valence-electron chi connectivity index (χ4n) is 3.50. The highest BCUT2D eigenvalue weighted by atomic mass is 32.1. The molecule has 6 heteroatoms. The molecule has 0 N–H and O–H groups in total. The molecule has 0 bridgehead atoms. The summed E-state index contributed by atoms with van der Waals surface area (Å²) in [6.45, 7) is 2.51. The monoisotopic (exact) mass is 432 g/mol. The van der Waals surface area contributed by atoms with E-state index in [9.17, 15) is 0 Å². The number of oxazole rings is 1. The Balaban J connectivity index is 1.29. The zero-order valence-corrected chi connectivity index (χ0v) is 18.1. The summed E-state index contributed by atoms with van der Waals surface area (Å²) >= 11 is 3.45. The first kappa shape index (κ1) is 19.0. The van der Waals surface area contributed by atoms with Crippen LogP contribution in [0, 0.1) is 6.92 Å². The molecule has 2 aromatic carbocycles. The van der Waals surface area contributed by atoms with Crippen molar-refractivity contribution in [3.63, 3.8) is 0 Å². The number of fused-ring (bicyclic) bond motifs is 1. The van der Waals surface area contributed by atoms with Crippen molar-refractivity contribution in [3.05, 3.63) is 87.5 Å². The van der Waals surface area contributed by atoms with Crippen LogP contribution in [0.5, 0.6) is 5.75 Å². The van der Waals surface area contributed by atoms with Crippen LogP contribution in [0.15, 0.2) is 70.0 Å². The Hall–Kier alpha value is -2.96. The van der Waals surface area contributed by atoms with E-state index in [1.54, 1.807) is 22.7 Å². The number of benzene rings is 2. The molecular weight excluding hydrogens is 412 g/mol. The maximum atomic E-state index is 6.16. The Labute approximate surface area is 182 Å². The summed E-state index contributed by atoms with van der Waals surface area (Å²) in [4.78, 5) is 10.1. The van der Waals surface area contributed by atoms with Crippen molar-refractivity contribution < 1.29 is 9.15 Å². The minimum Gasteiger partial charge on any atom is -0.493 e. The predicted molar refractivity (Wildman–Crippen MR) is 123 cm³/mol. The average molecular weight is 433 g/mol. The summed E-state index contributed by atoms with van der Waals surface area (Å²) in [5.74, 6) is 2.43. The van der Waals surface area contributed by atoms with E-state index in [0.717, 1.165) is 29.2 Å². The SMILES string of the molecule is Cc1oc(-c2ccccc2)nc1CCOc1ccc(Cc2cncs2)c2sccc12. The highest BCUT2D eigenvalue weighted by molar-refractivity contribution is 7.17. The van der Waals surface area contributed by atoms with Gasteiger partial charge < -0.3 is 9.15 Å². The van der Waals surface area contributed by atoms with Crippen LogP contribution in [-0.2, 0) is 12.8 Å². The number of thiazole rings is 1. The largest absolute Gasteiger partial charge is 0.493 e. The van der Waals surface area contributed by atoms with E-state index in [0.29, 0.717) is 18.9 Å². The van der Waals surface area contributed by atoms with E-state index in [1.165, 1.54) is 20.5 Å². The lowest BCUT2D eigenvalue weighted by molar-refractivity contribution is 0.323. The molecule has 0 spiro atoms. The molecular formula is C24H20N2O2S2. The van der Waals surface area contributed by atoms with E-state index in [1.807, 2.05) is 49.0 Å². The fourth-order valence-corrected chi connectivity index (χ4v) is 5.04. The van der Waals surface area contributed by atoms with Gasteiger partial charge in [-0.05, 0) is 42.1 Å². The second-order valence-corrected chi connectivity index (χ2v) is 8.90. The van der Waals surface area contributed by atoms with Gasteiger partial charge >= 0.3 is 0 Å². The smallest absolute Gasteiger partial charge is 0.226 e. The number of ether oxygens (including phenoxy) is 1. The lowest BCUT2D eigenvalue weighted by Crippen LogP contribution is -2.03. The fraction of sp³-hybridized carbons (Fsp3) is 0.167. The second-order valence-electron chi connectivity index (χ2n) is 7.02. The molecule has 30 heavy (non-hydrogen) atoms. The van der Waals surface area contributed by atoms with E-state index in [2.05, 4.69) is 33.5 Å². The molecule has 0 atom stereocenters. The third kappa shape index (κ3) is 3.88. The summed E-state index contributed by atoms with van der Waals surface area (Å²) in [6, 6.07) is 16.4. The summed E-state index contributed by atoms with van der Waals surface area (Å²) < 4.78 is 13.3. The number of hydrogen-bond acceptors (Lipinski definition) is 6. The zero-order valence-electron chi connectivity index (χ0n) is 16.5. The number of aryl methyl sites for hydroxylation is 1. The number of hydrogen-bond donors (Lipinski definition) is 0. The van der Waals surface area contributed by atoms with Crippen LogP contribution in [0.4, 0.5) is 0 Å². The summed E-state index contributed by atoms with van der Waals surface area (Å²) in [5, 5.41) is 3.30. The topological polar surface area (TPSA) is 48.2 Å². The van der Waals surface area contributed by atoms with Gasteiger partial charge in [0.15, 0.2) is 0 Å². The van der Waals surface area contributed by atoms with Crippen molar-refractivity contribution in [2.24, 2.45) is 0 Å². The van der Waals surface area contributed by atoms with Gasteiger partial charge in [-0.2, -0.15) is 0 Å². The van der Waals surface area contributed by atoms with Crippen LogP contribution in [0.2, 0.25) is 0 Å². The van der Waals surface area contributed by atoms with Gasteiger partial charge in [0.05, 0.1) is 17.8 Å². The van der Waals surface area contributed by atoms with Crippen molar-refractivity contribution in [2.45, 2.75) is 19.8 Å². The molecule has 5 rings (SSSR count). The van der Waals surface area contributed by atoms with Crippen molar-refractivity contribution in [1.29, 1.82) is 0 Å². The Morgan fingerprint density at radius 2 is 1.93 bits per heavy atom. The summed E-state index contributed by atoms with van der Waals surface area (Å²) in [5.41, 5.74) is 5.13. The highest BCUT2D eigenvalue weighted by Gasteiger charge is 2.13. The Bertz CT molecular complexity index is 1260. The quantitative estimate of drug-likeness (QED) is 0.293. The Morgan fingerprint density at radius 1 is 1.03 bits per heavy atom. The molecule has 0 fully saturated rings. The van der Waals surface area contributed by atoms with Crippen LogP contribution in [0.1, 0.15) is 21.9 Å². The van der Waals surface area contributed by atoms with Gasteiger partial charge in [0.1, 0.15) is 11.5 Å². The number of rotatable bonds is 7. The standard InChI is InChI=1S/C24H20N2O2S2/c1-16-21(26-24(28-16)17-5-3-2-4-6-17)9-11-27-22-8-7-18(13-19-14-25-15-30-19)23-20(22)10-12-29-23/h2-8,10,12,14-15H,9,11,13H2,1H3. The summed E-state index contributed by atoms with van der Waals surface area (Å²) in [6.07, 6.45) is 3.55. The van der Waals surface area contributed by atoms with Crippen molar-refractivity contribution in [2.75, 3.05) is 6.61 Å². The first-order valence-corrected chi connectivity index (χ1v) is 11.5. The molecule has 4 nitrogen and oxygen atoms in total. The zero-order chi connectivity index (χ0) is 20.3. The van der Waals surface area contributed by atoms with E-state index < -0.39 is 0 Å². The third-order valence-electron chi connectivity index (χ3n) is 5.02. The van der Waals surface area contributed by atoms with Gasteiger partial charge in [-0.3, -0.25) is 4.98 Å². The lowest BCUT2D eigenvalue weighted by atomic mass is 10.1. The Kier molecular flexibility index (Phi) is 5.34. The van der Waals surface area contributed by atoms with Gasteiger partial charge in [-0.15, -0.1) is 22.7 Å². The maximum Gasteiger partial charge on any atom is 0.226 e. The molecule has 0 saturated carbocycles. The van der Waals surface area contributed by atoms with E-state index in [4.69, 9.17) is 9.15 Å². The van der Waals surface area contributed by atoms with E-state index >= 15 is 0 Å². The molecule has 0 amide bonds. The molecule has 150 valence electrons. The molecule has 0 aliphatic rings. The van der Waals surface area contributed by atoms with Gasteiger partial charge in [0.2, 0.25) is 5.89 Å². The van der Waals surface area contributed by atoms with E-state index in [-0.39, 0.29) is 0 Å². The van der Waals surface area contributed by atoms with Crippen molar-refractivity contribution in [3.8, 4) is 17.2 Å². The molecule has 0 aliphatic heterocycles. The predicted octanol–water partition coefficient (Wildman–Crippen LogP) is 6.53. The normalized spacial score (nSPS) is 11.2. The minimum absolute atomic E-state index is 0.556. The van der Waals surface area contributed by atoms with Crippen LogP contribution >= 0.6 is 22.7 Å². The molecule has 0 saturated heterocycles. The van der Waals surface area contributed by atoms with Crippen LogP contribution in [0.3, 0.4) is 0 Å². The Morgan fingerprint density at radius 3 is 2.77 bits per heavy atom. The van der Waals surface area contributed by atoms with Crippen molar-refractivity contribution in [1.82, 2.24) is 9.97 Å². The summed E-state index contributed by atoms with van der Waals surface area (Å²) in [7, 11) is 0. The molecule has 0 radical (unpaired) electrons. The second kappa shape index (κ2) is 8.42. The molecule has 0 aliphatic carbocycles. The number of aromatic nitrogens is 2. The van der Waals surface area contributed by atoms with Gasteiger partial charge in [-0.1, -0.05) is 24.3 Å². The highest BCUT2D eigenvalue weighted by Crippen LogP contribution is 2.34. The van der Waals surface area contributed by atoms with Crippen molar-refractivity contribution >= 4 is 32.8 Å². The molecule has 5 aromatic rings. The average Bonchev–Trinajstić information content (AvgIpc) is 3.52. The van der Waals surface area contributed by atoms with Gasteiger partial charge in [0, 0.05) is 39.6 Å². The molecule has 0 unspecified atom stereocenters. The molecule has 3 heterocycles. The number of thiophene rings is 1. The van der Waals surface area contributed by atoms with Crippen LogP contribution in [-0.4, -0.2) is 16.6 Å². The van der Waals surface area contributed by atoms with Gasteiger partial charge in [0.25, 0.3) is 0 Å². The minimum atomic E-state index is 0.556.